The lowest BCUT2D eigenvalue weighted by atomic mass is 10.0. The highest BCUT2D eigenvalue weighted by Gasteiger charge is 2.30. The van der Waals surface area contributed by atoms with Gasteiger partial charge in [0, 0.05) is 25.7 Å². The fraction of sp³-hybridized carbons (Fsp3) is 0.938. The van der Waals surface area contributed by atoms with Gasteiger partial charge in [-0.25, -0.2) is 9.13 Å². The third-order valence-electron chi connectivity index (χ3n) is 14.7. The number of phosphoric acid groups is 2. The van der Waals surface area contributed by atoms with Crippen LogP contribution in [0.1, 0.15) is 318 Å². The lowest BCUT2D eigenvalue weighted by molar-refractivity contribution is -0.161. The zero-order chi connectivity index (χ0) is 61.5. The summed E-state index contributed by atoms with van der Waals surface area (Å²) in [5.41, 5.74) is 0. The van der Waals surface area contributed by atoms with Gasteiger partial charge in [0.25, 0.3) is 0 Å². The van der Waals surface area contributed by atoms with Crippen molar-refractivity contribution in [3.8, 4) is 0 Å². The van der Waals surface area contributed by atoms with E-state index < -0.39 is 97.5 Å². The van der Waals surface area contributed by atoms with Gasteiger partial charge in [0.2, 0.25) is 0 Å². The minimum absolute atomic E-state index is 0.103. The molecule has 3 N–H and O–H groups in total. The average molecular weight is 1230 g/mol. The van der Waals surface area contributed by atoms with Gasteiger partial charge in [-0.15, -0.1) is 0 Å². The first-order valence-corrected chi connectivity index (χ1v) is 36.5. The van der Waals surface area contributed by atoms with E-state index in [2.05, 4.69) is 41.5 Å². The molecule has 492 valence electrons. The van der Waals surface area contributed by atoms with Crippen LogP contribution in [0.15, 0.2) is 0 Å². The summed E-state index contributed by atoms with van der Waals surface area (Å²) >= 11 is 0. The van der Waals surface area contributed by atoms with Crippen LogP contribution in [0.4, 0.5) is 0 Å². The maximum Gasteiger partial charge on any atom is 0.472 e. The third kappa shape index (κ3) is 58.8. The Bertz CT molecular complexity index is 1630. The summed E-state index contributed by atoms with van der Waals surface area (Å²) in [6, 6.07) is 0. The lowest BCUT2D eigenvalue weighted by Gasteiger charge is -2.21. The van der Waals surface area contributed by atoms with E-state index in [0.29, 0.717) is 25.7 Å². The fourth-order valence-electron chi connectivity index (χ4n) is 9.53. The molecule has 0 aliphatic rings. The molecule has 0 amide bonds. The van der Waals surface area contributed by atoms with Crippen molar-refractivity contribution in [2.75, 3.05) is 39.6 Å². The topological polar surface area (TPSA) is 237 Å². The van der Waals surface area contributed by atoms with E-state index in [9.17, 15) is 43.2 Å². The molecule has 2 unspecified atom stereocenters. The van der Waals surface area contributed by atoms with Crippen LogP contribution in [0.5, 0.6) is 0 Å². The molecule has 17 nitrogen and oxygen atoms in total. The van der Waals surface area contributed by atoms with Crippen molar-refractivity contribution in [1.29, 1.82) is 0 Å². The van der Waals surface area contributed by atoms with Crippen LogP contribution in [0.3, 0.4) is 0 Å². The SMILES string of the molecule is CCCCCCCCCC(=O)OC[C@H](COP(=O)(O)OC[C@H](O)COP(=O)(O)OC[C@@H](COC(=O)CCCCCCCCCCCC(C)C)OC(=O)CCCCCCCCCCCCCCCCC(C)C)OC(=O)CCCCCCCCC. The van der Waals surface area contributed by atoms with Crippen molar-refractivity contribution in [3.63, 3.8) is 0 Å². The quantitative estimate of drug-likeness (QED) is 0.0222. The van der Waals surface area contributed by atoms with Gasteiger partial charge in [-0.05, 0) is 37.5 Å². The first-order valence-electron chi connectivity index (χ1n) is 33.5. The van der Waals surface area contributed by atoms with Gasteiger partial charge in [-0.2, -0.15) is 0 Å². The summed E-state index contributed by atoms with van der Waals surface area (Å²) in [6.07, 6.45) is 39.2. The first kappa shape index (κ1) is 81.1. The van der Waals surface area contributed by atoms with Gasteiger partial charge in [0.15, 0.2) is 12.2 Å². The molecular weight excluding hydrogens is 1100 g/mol. The number of ether oxygens (including phenoxy) is 4. The maximum absolute atomic E-state index is 13.0. The molecule has 0 aromatic heterocycles. The van der Waals surface area contributed by atoms with Crippen LogP contribution in [-0.4, -0.2) is 96.7 Å². The second kappa shape index (κ2) is 56.6. The highest BCUT2D eigenvalue weighted by Crippen LogP contribution is 2.45. The molecule has 0 aromatic rings. The number of phosphoric ester groups is 2. The maximum atomic E-state index is 13.0. The number of unbranched alkanes of at least 4 members (excludes halogenated alkanes) is 33. The molecule has 0 aliphatic heterocycles. The Morgan fingerprint density at radius 3 is 0.819 bits per heavy atom. The van der Waals surface area contributed by atoms with E-state index in [1.807, 2.05) is 0 Å². The smallest absolute Gasteiger partial charge is 0.462 e. The second-order valence-electron chi connectivity index (χ2n) is 24.1. The first-order chi connectivity index (χ1) is 39.9. The minimum Gasteiger partial charge on any atom is -0.462 e. The molecule has 0 aromatic carbocycles. The van der Waals surface area contributed by atoms with E-state index in [-0.39, 0.29) is 25.7 Å². The molecule has 0 aliphatic carbocycles. The predicted molar refractivity (Wildman–Crippen MR) is 331 cm³/mol. The van der Waals surface area contributed by atoms with Gasteiger partial charge in [-0.1, -0.05) is 266 Å². The van der Waals surface area contributed by atoms with E-state index in [4.69, 9.17) is 37.0 Å². The van der Waals surface area contributed by atoms with E-state index in [1.54, 1.807) is 0 Å². The van der Waals surface area contributed by atoms with Crippen molar-refractivity contribution < 1.29 is 80.2 Å². The molecule has 0 bridgehead atoms. The Labute approximate surface area is 505 Å². The zero-order valence-corrected chi connectivity index (χ0v) is 55.3. The van der Waals surface area contributed by atoms with E-state index in [1.165, 1.54) is 109 Å². The van der Waals surface area contributed by atoms with Crippen molar-refractivity contribution in [2.24, 2.45) is 11.8 Å². The number of rotatable bonds is 63. The van der Waals surface area contributed by atoms with Crippen LogP contribution in [-0.2, 0) is 65.4 Å². The predicted octanol–water partition coefficient (Wildman–Crippen LogP) is 17.7. The number of hydrogen-bond donors (Lipinski definition) is 3. The van der Waals surface area contributed by atoms with Crippen molar-refractivity contribution in [2.45, 2.75) is 336 Å². The van der Waals surface area contributed by atoms with Crippen LogP contribution in [0, 0.1) is 11.8 Å². The molecule has 0 radical (unpaired) electrons. The number of carbonyl (C=O) groups excluding carboxylic acids is 4. The molecule has 83 heavy (non-hydrogen) atoms. The molecule has 0 rings (SSSR count). The summed E-state index contributed by atoms with van der Waals surface area (Å²) < 4.78 is 67.8. The zero-order valence-electron chi connectivity index (χ0n) is 53.5. The third-order valence-corrected chi connectivity index (χ3v) is 16.6. The highest BCUT2D eigenvalue weighted by atomic mass is 31.2. The standard InChI is InChI=1S/C64H124O17P2/c1-7-9-11-13-26-34-40-46-61(66)74-52-59(80-63(68)48-42-36-27-14-12-10-8-2)54-78-82(70,71)76-50-58(65)51-77-83(72,73)79-55-60(53-75-62(67)47-41-35-30-25-21-23-29-33-39-45-57(5)6)81-64(69)49-43-37-31-24-20-18-16-15-17-19-22-28-32-38-44-56(3)4/h56-60,65H,7-55H2,1-6H3,(H,70,71)(H,72,73)/t58-,59+,60+/m0/s1. The van der Waals surface area contributed by atoms with Crippen molar-refractivity contribution in [3.05, 3.63) is 0 Å². The highest BCUT2D eigenvalue weighted by molar-refractivity contribution is 7.47. The van der Waals surface area contributed by atoms with Gasteiger partial charge in [0.05, 0.1) is 26.4 Å². The van der Waals surface area contributed by atoms with E-state index in [0.717, 1.165) is 127 Å². The molecule has 0 spiro atoms. The largest absolute Gasteiger partial charge is 0.472 e. The monoisotopic (exact) mass is 1230 g/mol. The van der Waals surface area contributed by atoms with Gasteiger partial charge >= 0.3 is 39.5 Å². The van der Waals surface area contributed by atoms with Crippen molar-refractivity contribution >= 4 is 39.5 Å². The number of aliphatic hydroxyl groups is 1. The number of esters is 4. The summed E-state index contributed by atoms with van der Waals surface area (Å²) in [4.78, 5) is 72.0. The van der Waals surface area contributed by atoms with Crippen molar-refractivity contribution in [1.82, 2.24) is 0 Å². The van der Waals surface area contributed by atoms with Crippen LogP contribution < -0.4 is 0 Å². The molecule has 0 fully saturated rings. The van der Waals surface area contributed by atoms with Crippen LogP contribution >= 0.6 is 15.6 Å². The van der Waals surface area contributed by atoms with Gasteiger partial charge in [0.1, 0.15) is 19.3 Å². The minimum atomic E-state index is -4.94. The Hall–Kier alpha value is -1.94. The fourth-order valence-corrected chi connectivity index (χ4v) is 11.1. The Balaban J connectivity index is 5.16. The molecule has 0 saturated carbocycles. The average Bonchev–Trinajstić information content (AvgIpc) is 3.45. The van der Waals surface area contributed by atoms with E-state index >= 15 is 0 Å². The molecule has 5 atom stereocenters. The second-order valence-corrected chi connectivity index (χ2v) is 27.0. The summed E-state index contributed by atoms with van der Waals surface area (Å²) in [7, 11) is -9.88. The molecule has 0 saturated heterocycles. The summed E-state index contributed by atoms with van der Waals surface area (Å²) in [5, 5.41) is 10.5. The normalized spacial score (nSPS) is 14.3. The molecular formula is C64H124O17P2. The molecule has 0 heterocycles. The number of hydrogen-bond acceptors (Lipinski definition) is 15. The Kier molecular flexibility index (Phi) is 55.2. The van der Waals surface area contributed by atoms with Crippen LogP contribution in [0.2, 0.25) is 0 Å². The van der Waals surface area contributed by atoms with Gasteiger partial charge < -0.3 is 33.8 Å². The molecule has 19 heteroatoms. The number of aliphatic hydroxyl groups excluding tert-OH is 1. The van der Waals surface area contributed by atoms with Crippen LogP contribution in [0.25, 0.3) is 0 Å². The summed E-state index contributed by atoms with van der Waals surface area (Å²) in [6.45, 7) is 9.42. The lowest BCUT2D eigenvalue weighted by Crippen LogP contribution is -2.30. The number of carbonyl (C=O) groups is 4. The van der Waals surface area contributed by atoms with Gasteiger partial charge in [-0.3, -0.25) is 37.3 Å². The Morgan fingerprint density at radius 2 is 0.554 bits per heavy atom. The Morgan fingerprint density at radius 1 is 0.325 bits per heavy atom. The summed E-state index contributed by atoms with van der Waals surface area (Å²) in [5.74, 6) is -0.603.